The fourth-order valence-corrected chi connectivity index (χ4v) is 3.23. The van der Waals surface area contributed by atoms with Gasteiger partial charge in [-0.2, -0.15) is 0 Å². The van der Waals surface area contributed by atoms with Gasteiger partial charge in [-0.15, -0.1) is 0 Å². The van der Waals surface area contributed by atoms with Crippen molar-refractivity contribution in [2.24, 2.45) is 0 Å². The number of hydrogen-bond donors (Lipinski definition) is 1. The molecule has 0 fully saturated rings. The van der Waals surface area contributed by atoms with Crippen molar-refractivity contribution in [2.45, 2.75) is 18.9 Å². The summed E-state index contributed by atoms with van der Waals surface area (Å²) in [4.78, 5) is 0. The number of rotatable bonds is 2. The summed E-state index contributed by atoms with van der Waals surface area (Å²) in [5.74, 6) is 0. The van der Waals surface area contributed by atoms with E-state index in [-0.39, 0.29) is 0 Å². The van der Waals surface area contributed by atoms with Crippen molar-refractivity contribution in [1.29, 1.82) is 0 Å². The normalized spacial score (nSPS) is 17.6. The Balaban J connectivity index is 1.86. The summed E-state index contributed by atoms with van der Waals surface area (Å²) in [6.07, 6.45) is 2.27. The highest BCUT2D eigenvalue weighted by atomic mass is 79.9. The predicted octanol–water partition coefficient (Wildman–Crippen LogP) is 5.20. The number of benzene rings is 2. The average Bonchev–Trinajstić information content (AvgIpc) is 2.76. The summed E-state index contributed by atoms with van der Waals surface area (Å²) in [5, 5.41) is 4.30. The number of hydrogen-bond acceptors (Lipinski definition) is 1. The quantitative estimate of drug-likeness (QED) is 0.801. The van der Waals surface area contributed by atoms with Crippen LogP contribution in [0, 0.1) is 0 Å². The van der Waals surface area contributed by atoms with Crippen molar-refractivity contribution in [1.82, 2.24) is 0 Å². The second kappa shape index (κ2) is 4.94. The van der Waals surface area contributed by atoms with Crippen molar-refractivity contribution in [3.05, 3.63) is 63.1 Å². The molecule has 3 rings (SSSR count). The van der Waals surface area contributed by atoms with E-state index >= 15 is 0 Å². The molecule has 0 amide bonds. The van der Waals surface area contributed by atoms with E-state index in [1.165, 1.54) is 11.1 Å². The molecule has 0 aliphatic heterocycles. The first-order valence-corrected chi connectivity index (χ1v) is 7.20. The van der Waals surface area contributed by atoms with Crippen LogP contribution >= 0.6 is 27.5 Å². The van der Waals surface area contributed by atoms with Gasteiger partial charge in [-0.25, -0.2) is 0 Å². The van der Waals surface area contributed by atoms with E-state index in [1.807, 2.05) is 18.2 Å². The van der Waals surface area contributed by atoms with Crippen LogP contribution in [0.25, 0.3) is 0 Å². The molecule has 0 spiro atoms. The van der Waals surface area contributed by atoms with Crippen LogP contribution in [0.15, 0.2) is 46.9 Å². The van der Waals surface area contributed by atoms with Crippen LogP contribution in [0.2, 0.25) is 5.02 Å². The van der Waals surface area contributed by atoms with Crippen LogP contribution in [0.4, 0.5) is 5.69 Å². The van der Waals surface area contributed by atoms with Crippen LogP contribution in [0.5, 0.6) is 0 Å². The lowest BCUT2D eigenvalue weighted by Crippen LogP contribution is -2.07. The van der Waals surface area contributed by atoms with Crippen LogP contribution in [-0.4, -0.2) is 0 Å². The maximum atomic E-state index is 6.24. The summed E-state index contributed by atoms with van der Waals surface area (Å²) < 4.78 is 1.00. The minimum Gasteiger partial charge on any atom is -0.377 e. The minimum atomic E-state index is 0.375. The number of fused-ring (bicyclic) bond motifs is 1. The molecule has 92 valence electrons. The standard InChI is InChI=1S/C15H13BrClN/c16-11-6-8-15(13(17)9-11)18-14-7-5-10-3-1-2-4-12(10)14/h1-4,6,8-9,14,18H,5,7H2. The molecule has 0 saturated heterocycles. The Labute approximate surface area is 120 Å². The second-order valence-electron chi connectivity index (χ2n) is 4.56. The molecule has 2 aromatic rings. The fraction of sp³-hybridized carbons (Fsp3) is 0.200. The summed E-state index contributed by atoms with van der Waals surface area (Å²) in [5.41, 5.74) is 3.85. The summed E-state index contributed by atoms with van der Waals surface area (Å²) in [6, 6.07) is 14.9. The fourth-order valence-electron chi connectivity index (χ4n) is 2.50. The first-order valence-electron chi connectivity index (χ1n) is 6.03. The van der Waals surface area contributed by atoms with Crippen LogP contribution < -0.4 is 5.32 Å². The zero-order valence-corrected chi connectivity index (χ0v) is 12.1. The van der Waals surface area contributed by atoms with Gasteiger partial charge in [0.05, 0.1) is 16.8 Å². The topological polar surface area (TPSA) is 12.0 Å². The van der Waals surface area contributed by atoms with Gasteiger partial charge < -0.3 is 5.32 Å². The highest BCUT2D eigenvalue weighted by molar-refractivity contribution is 9.10. The Bertz CT molecular complexity index is 582. The summed E-state index contributed by atoms with van der Waals surface area (Å²) in [7, 11) is 0. The van der Waals surface area contributed by atoms with Crippen molar-refractivity contribution in [3.8, 4) is 0 Å². The Hall–Kier alpha value is -0.990. The third-order valence-electron chi connectivity index (χ3n) is 3.39. The van der Waals surface area contributed by atoms with Crippen molar-refractivity contribution in [3.63, 3.8) is 0 Å². The Morgan fingerprint density at radius 2 is 2.00 bits per heavy atom. The lowest BCUT2D eigenvalue weighted by Gasteiger charge is -2.16. The van der Waals surface area contributed by atoms with E-state index < -0.39 is 0 Å². The molecule has 1 nitrogen and oxygen atoms in total. The van der Waals surface area contributed by atoms with E-state index in [4.69, 9.17) is 11.6 Å². The SMILES string of the molecule is Clc1cc(Br)ccc1NC1CCc2ccccc21. The number of anilines is 1. The third kappa shape index (κ3) is 2.27. The number of aryl methyl sites for hydroxylation is 1. The highest BCUT2D eigenvalue weighted by Crippen LogP contribution is 2.36. The van der Waals surface area contributed by atoms with E-state index in [0.717, 1.165) is 28.0 Å². The van der Waals surface area contributed by atoms with Gasteiger partial charge >= 0.3 is 0 Å². The Kier molecular flexibility index (Phi) is 3.31. The molecule has 18 heavy (non-hydrogen) atoms. The number of nitrogens with one attached hydrogen (secondary N) is 1. The molecule has 0 radical (unpaired) electrons. The van der Waals surface area contributed by atoms with E-state index in [0.29, 0.717) is 6.04 Å². The maximum absolute atomic E-state index is 6.24. The van der Waals surface area contributed by atoms with Crippen molar-refractivity contribution >= 4 is 33.2 Å². The van der Waals surface area contributed by atoms with E-state index in [9.17, 15) is 0 Å². The molecule has 3 heteroatoms. The summed E-state index contributed by atoms with van der Waals surface area (Å²) >= 11 is 9.67. The number of halogens is 2. The average molecular weight is 323 g/mol. The van der Waals surface area contributed by atoms with Gasteiger partial charge in [0.25, 0.3) is 0 Å². The molecule has 0 heterocycles. The van der Waals surface area contributed by atoms with Gasteiger partial charge in [0.15, 0.2) is 0 Å². The predicted molar refractivity (Wildman–Crippen MR) is 80.3 cm³/mol. The first-order chi connectivity index (χ1) is 8.74. The lowest BCUT2D eigenvalue weighted by molar-refractivity contribution is 0.762. The van der Waals surface area contributed by atoms with E-state index in [1.54, 1.807) is 0 Å². The summed E-state index contributed by atoms with van der Waals surface area (Å²) in [6.45, 7) is 0. The van der Waals surface area contributed by atoms with Gasteiger partial charge in [0, 0.05) is 4.47 Å². The van der Waals surface area contributed by atoms with Gasteiger partial charge in [0.2, 0.25) is 0 Å². The van der Waals surface area contributed by atoms with E-state index in [2.05, 4.69) is 45.5 Å². The van der Waals surface area contributed by atoms with Crippen LogP contribution in [-0.2, 0) is 6.42 Å². The third-order valence-corrected chi connectivity index (χ3v) is 4.20. The molecule has 1 N–H and O–H groups in total. The molecule has 2 aromatic carbocycles. The lowest BCUT2D eigenvalue weighted by atomic mass is 10.1. The monoisotopic (exact) mass is 321 g/mol. The molecule has 1 atom stereocenters. The smallest absolute Gasteiger partial charge is 0.0648 e. The first kappa shape index (κ1) is 12.1. The maximum Gasteiger partial charge on any atom is 0.0648 e. The zero-order valence-electron chi connectivity index (χ0n) is 9.79. The molecule has 1 aliphatic carbocycles. The molecule has 0 aromatic heterocycles. The highest BCUT2D eigenvalue weighted by Gasteiger charge is 2.22. The molecule has 1 unspecified atom stereocenters. The van der Waals surface area contributed by atoms with Gasteiger partial charge in [0.1, 0.15) is 0 Å². The van der Waals surface area contributed by atoms with Gasteiger partial charge in [-0.3, -0.25) is 0 Å². The zero-order chi connectivity index (χ0) is 12.5. The van der Waals surface area contributed by atoms with Crippen molar-refractivity contribution < 1.29 is 0 Å². The minimum absolute atomic E-state index is 0.375. The second-order valence-corrected chi connectivity index (χ2v) is 5.88. The van der Waals surface area contributed by atoms with Crippen molar-refractivity contribution in [2.75, 3.05) is 5.32 Å². The van der Waals surface area contributed by atoms with Crippen LogP contribution in [0.3, 0.4) is 0 Å². The van der Waals surface area contributed by atoms with Gasteiger partial charge in [-0.05, 0) is 42.2 Å². The molecular formula is C15H13BrClN. The largest absolute Gasteiger partial charge is 0.377 e. The molecule has 0 saturated carbocycles. The van der Waals surface area contributed by atoms with Crippen LogP contribution in [0.1, 0.15) is 23.6 Å². The Morgan fingerprint density at radius 3 is 2.83 bits per heavy atom. The molecule has 1 aliphatic rings. The molecular weight excluding hydrogens is 310 g/mol. The molecule has 0 bridgehead atoms. The van der Waals surface area contributed by atoms with Gasteiger partial charge in [-0.1, -0.05) is 51.8 Å². The Morgan fingerprint density at radius 1 is 1.17 bits per heavy atom.